The van der Waals surface area contributed by atoms with Crippen LogP contribution in [0.2, 0.25) is 0 Å². The Kier molecular flexibility index (Phi) is 6.73. The van der Waals surface area contributed by atoms with Crippen LogP contribution in [0.5, 0.6) is 0 Å². The van der Waals surface area contributed by atoms with Gasteiger partial charge in [-0.05, 0) is 49.4 Å². The summed E-state index contributed by atoms with van der Waals surface area (Å²) in [7, 11) is -5.51. The van der Waals surface area contributed by atoms with Gasteiger partial charge in [0.2, 0.25) is 0 Å². The number of H-pyrrole nitrogens is 1. The summed E-state index contributed by atoms with van der Waals surface area (Å²) in [6.45, 7) is 3.43. The van der Waals surface area contributed by atoms with E-state index in [0.717, 1.165) is 28.2 Å². The maximum absolute atomic E-state index is 13.6. The number of fused-ring (bicyclic) bond motifs is 1. The van der Waals surface area contributed by atoms with Crippen molar-refractivity contribution in [1.82, 2.24) is 14.3 Å². The van der Waals surface area contributed by atoms with Crippen molar-refractivity contribution in [3.05, 3.63) is 82.9 Å². The van der Waals surface area contributed by atoms with Gasteiger partial charge in [-0.15, -0.1) is 0 Å². The lowest BCUT2D eigenvalue weighted by Crippen LogP contribution is -2.47. The molecule has 0 bridgehead atoms. The van der Waals surface area contributed by atoms with Crippen LogP contribution in [0.1, 0.15) is 34.5 Å². The first kappa shape index (κ1) is 24.3. The molecular formula is C24H27F3N4O2S. The van der Waals surface area contributed by atoms with E-state index in [1.54, 1.807) is 19.3 Å². The zero-order chi connectivity index (χ0) is 24.5. The van der Waals surface area contributed by atoms with Gasteiger partial charge in [0.15, 0.2) is 0 Å². The van der Waals surface area contributed by atoms with Gasteiger partial charge in [0.05, 0.1) is 18.6 Å². The normalized spacial score (nSPS) is 17.4. The first-order valence-electron chi connectivity index (χ1n) is 11.0. The van der Waals surface area contributed by atoms with Crippen molar-refractivity contribution in [3.8, 4) is 0 Å². The fraction of sp³-hybridized carbons (Fsp3) is 0.375. The summed E-state index contributed by atoms with van der Waals surface area (Å²) < 4.78 is 66.5. The summed E-state index contributed by atoms with van der Waals surface area (Å²) in [5, 5.41) is 0. The summed E-state index contributed by atoms with van der Waals surface area (Å²) >= 11 is 0. The number of nitrogens with zero attached hydrogens (tertiary/aromatic N) is 3. The average molecular weight is 493 g/mol. The van der Waals surface area contributed by atoms with E-state index in [1.807, 2.05) is 54.3 Å². The molecule has 0 spiro atoms. The Bertz CT molecular complexity index is 1240. The number of aryl methyl sites for hydroxylation is 3. The first-order valence-corrected chi connectivity index (χ1v) is 12.5. The molecule has 0 unspecified atom stereocenters. The Morgan fingerprint density at radius 2 is 1.82 bits per heavy atom. The predicted octanol–water partition coefficient (Wildman–Crippen LogP) is 4.70. The third kappa shape index (κ3) is 4.83. The maximum Gasteiger partial charge on any atom is 0.511 e. The lowest BCUT2D eigenvalue weighted by molar-refractivity contribution is -0.0492. The lowest BCUT2D eigenvalue weighted by atomic mass is 10.0. The van der Waals surface area contributed by atoms with Gasteiger partial charge in [-0.3, -0.25) is 0 Å². The van der Waals surface area contributed by atoms with Crippen LogP contribution in [0.15, 0.2) is 54.9 Å². The summed E-state index contributed by atoms with van der Waals surface area (Å²) in [5.41, 5.74) is -0.645. The lowest BCUT2D eigenvalue weighted by Gasteiger charge is -2.34. The third-order valence-electron chi connectivity index (χ3n) is 6.38. The standard InChI is InChI=1S/C24H27F3N4O2S/c1-17-7-6-10-23-21(17)14-30(34(32,33)24(25,26)27)13-20(12-11-19-8-4-3-5-9-19)31(23)15-22-18(2)28-16-29-22/h3-10,16,20H,11-15H2,1-2H3,(H,28,29)/t20-/m0/s1. The number of hydrogen-bond donors (Lipinski definition) is 1. The van der Waals surface area contributed by atoms with Crippen LogP contribution in [-0.2, 0) is 29.5 Å². The molecule has 0 saturated heterocycles. The minimum Gasteiger partial charge on any atom is -0.361 e. The van der Waals surface area contributed by atoms with Crippen LogP contribution in [-0.4, -0.2) is 40.8 Å². The smallest absolute Gasteiger partial charge is 0.361 e. The van der Waals surface area contributed by atoms with Crippen LogP contribution >= 0.6 is 0 Å². The molecular weight excluding hydrogens is 465 g/mol. The Hall–Kier alpha value is -2.85. The van der Waals surface area contributed by atoms with Crippen molar-refractivity contribution in [2.24, 2.45) is 0 Å². The number of aromatic nitrogens is 2. The summed E-state index contributed by atoms with van der Waals surface area (Å²) in [4.78, 5) is 9.44. The zero-order valence-corrected chi connectivity index (χ0v) is 19.8. The van der Waals surface area contributed by atoms with E-state index in [0.29, 0.717) is 29.3 Å². The molecule has 1 aromatic heterocycles. The predicted molar refractivity (Wildman–Crippen MR) is 125 cm³/mol. The summed E-state index contributed by atoms with van der Waals surface area (Å²) in [5.74, 6) is 0. The monoisotopic (exact) mass is 492 g/mol. The van der Waals surface area contributed by atoms with Gasteiger partial charge < -0.3 is 9.88 Å². The maximum atomic E-state index is 13.6. The number of hydrogen-bond acceptors (Lipinski definition) is 4. The number of anilines is 1. The molecule has 0 radical (unpaired) electrons. The van der Waals surface area contributed by atoms with Crippen molar-refractivity contribution in [2.45, 2.75) is 51.3 Å². The fourth-order valence-corrected chi connectivity index (χ4v) is 5.37. The van der Waals surface area contributed by atoms with Crippen LogP contribution < -0.4 is 4.90 Å². The molecule has 2 aromatic carbocycles. The van der Waals surface area contributed by atoms with E-state index in [1.165, 1.54) is 0 Å². The number of sulfonamides is 1. The van der Waals surface area contributed by atoms with Crippen LogP contribution in [0.25, 0.3) is 0 Å². The molecule has 10 heteroatoms. The Morgan fingerprint density at radius 1 is 1.09 bits per heavy atom. The second-order valence-electron chi connectivity index (χ2n) is 8.60. The summed E-state index contributed by atoms with van der Waals surface area (Å²) in [6, 6.07) is 14.6. The third-order valence-corrected chi connectivity index (χ3v) is 7.92. The number of alkyl halides is 3. The molecule has 0 saturated carbocycles. The second kappa shape index (κ2) is 9.42. The van der Waals surface area contributed by atoms with Crippen molar-refractivity contribution >= 4 is 15.7 Å². The highest BCUT2D eigenvalue weighted by atomic mass is 32.2. The molecule has 6 nitrogen and oxygen atoms in total. The fourth-order valence-electron chi connectivity index (χ4n) is 4.41. The average Bonchev–Trinajstić information content (AvgIpc) is 3.11. The number of rotatable bonds is 6. The molecule has 2 heterocycles. The molecule has 0 fully saturated rings. The van der Waals surface area contributed by atoms with Crippen LogP contribution in [0.4, 0.5) is 18.9 Å². The topological polar surface area (TPSA) is 69.3 Å². The van der Waals surface area contributed by atoms with Crippen molar-refractivity contribution < 1.29 is 21.6 Å². The molecule has 1 N–H and O–H groups in total. The molecule has 0 amide bonds. The quantitative estimate of drug-likeness (QED) is 0.542. The van der Waals surface area contributed by atoms with Gasteiger partial charge in [-0.2, -0.15) is 17.5 Å². The van der Waals surface area contributed by atoms with Crippen LogP contribution in [0.3, 0.4) is 0 Å². The van der Waals surface area contributed by atoms with E-state index in [2.05, 4.69) is 9.97 Å². The highest BCUT2D eigenvalue weighted by Gasteiger charge is 2.51. The van der Waals surface area contributed by atoms with Crippen molar-refractivity contribution in [2.75, 3.05) is 11.4 Å². The number of halogens is 3. The van der Waals surface area contributed by atoms with E-state index < -0.39 is 21.6 Å². The van der Waals surface area contributed by atoms with Crippen molar-refractivity contribution in [1.29, 1.82) is 0 Å². The minimum absolute atomic E-state index is 0.272. The molecule has 34 heavy (non-hydrogen) atoms. The molecule has 1 aliphatic heterocycles. The number of nitrogens with one attached hydrogen (secondary N) is 1. The SMILES string of the molecule is Cc1cccc2c1CN(S(=O)(=O)C(F)(F)F)C[C@H](CCc1ccccc1)N2Cc1nc[nH]c1C. The van der Waals surface area contributed by atoms with E-state index in [9.17, 15) is 21.6 Å². The number of benzene rings is 2. The molecule has 4 rings (SSSR count). The second-order valence-corrected chi connectivity index (χ2v) is 10.5. The van der Waals surface area contributed by atoms with Crippen molar-refractivity contribution in [3.63, 3.8) is 0 Å². The van der Waals surface area contributed by atoms with E-state index in [-0.39, 0.29) is 13.1 Å². The number of imidazole rings is 1. The van der Waals surface area contributed by atoms with Gasteiger partial charge >= 0.3 is 15.5 Å². The van der Waals surface area contributed by atoms with E-state index in [4.69, 9.17) is 0 Å². The zero-order valence-electron chi connectivity index (χ0n) is 19.0. The molecule has 1 atom stereocenters. The summed E-state index contributed by atoms with van der Waals surface area (Å²) in [6.07, 6.45) is 2.66. The minimum atomic E-state index is -5.51. The van der Waals surface area contributed by atoms with Gasteiger partial charge in [0.25, 0.3) is 0 Å². The Morgan fingerprint density at radius 3 is 2.47 bits per heavy atom. The van der Waals surface area contributed by atoms with E-state index >= 15 is 0 Å². The van der Waals surface area contributed by atoms with Crippen LogP contribution in [0, 0.1) is 13.8 Å². The highest BCUT2D eigenvalue weighted by Crippen LogP contribution is 2.37. The van der Waals surface area contributed by atoms with Gasteiger partial charge in [0.1, 0.15) is 0 Å². The molecule has 3 aromatic rings. The molecule has 182 valence electrons. The first-order chi connectivity index (χ1) is 16.1. The molecule has 0 aliphatic carbocycles. The highest BCUT2D eigenvalue weighted by molar-refractivity contribution is 7.89. The number of aromatic amines is 1. The molecule has 1 aliphatic rings. The Balaban J connectivity index is 1.79. The largest absolute Gasteiger partial charge is 0.511 e. The van der Waals surface area contributed by atoms with Gasteiger partial charge in [-0.25, -0.2) is 13.4 Å². The van der Waals surface area contributed by atoms with Gasteiger partial charge in [-0.1, -0.05) is 42.5 Å². The Labute approximate surface area is 197 Å². The van der Waals surface area contributed by atoms with Gasteiger partial charge in [0, 0.05) is 30.5 Å².